The highest BCUT2D eigenvalue weighted by Crippen LogP contribution is 2.13. The Morgan fingerprint density at radius 1 is 1.25 bits per heavy atom. The summed E-state index contributed by atoms with van der Waals surface area (Å²) in [5.74, 6) is 0.781. The van der Waals surface area contributed by atoms with Crippen LogP contribution in [0.15, 0.2) is 30.3 Å². The molecule has 1 aromatic rings. The van der Waals surface area contributed by atoms with Crippen molar-refractivity contribution in [1.82, 2.24) is 9.62 Å². The standard InChI is InChI=1S/C17H26N2O4S/c1-2-3-13-24(21,22)18-15-9-11-19(12-10-15)17(20)14-23-16-7-5-4-6-8-16/h4-8,15,18H,2-3,9-14H2,1H3. The predicted octanol–water partition coefficient (Wildman–Crippen LogP) is 1.78. The first-order valence-corrected chi connectivity index (χ1v) is 10.1. The summed E-state index contributed by atoms with van der Waals surface area (Å²) < 4.78 is 32.1. The van der Waals surface area contributed by atoms with Gasteiger partial charge >= 0.3 is 0 Å². The van der Waals surface area contributed by atoms with E-state index in [4.69, 9.17) is 4.74 Å². The largest absolute Gasteiger partial charge is 0.484 e. The minimum atomic E-state index is -3.21. The van der Waals surface area contributed by atoms with Crippen LogP contribution >= 0.6 is 0 Å². The minimum Gasteiger partial charge on any atom is -0.484 e. The first-order chi connectivity index (χ1) is 11.5. The fourth-order valence-electron chi connectivity index (χ4n) is 2.65. The Morgan fingerprint density at radius 2 is 1.92 bits per heavy atom. The molecule has 1 aliphatic rings. The second-order valence-corrected chi connectivity index (χ2v) is 7.92. The van der Waals surface area contributed by atoms with Gasteiger partial charge in [-0.05, 0) is 31.4 Å². The summed E-state index contributed by atoms with van der Waals surface area (Å²) in [6.07, 6.45) is 2.81. The molecule has 2 rings (SSSR count). The maximum atomic E-state index is 12.2. The van der Waals surface area contributed by atoms with E-state index >= 15 is 0 Å². The van der Waals surface area contributed by atoms with E-state index in [1.165, 1.54) is 0 Å². The molecule has 0 saturated carbocycles. The highest BCUT2D eigenvalue weighted by Gasteiger charge is 2.25. The molecule has 0 unspecified atom stereocenters. The number of ether oxygens (including phenoxy) is 1. The Labute approximate surface area is 144 Å². The molecule has 7 heteroatoms. The predicted molar refractivity (Wildman–Crippen MR) is 93.4 cm³/mol. The minimum absolute atomic E-state index is 0.0108. The van der Waals surface area contributed by atoms with Crippen LogP contribution in [0.3, 0.4) is 0 Å². The van der Waals surface area contributed by atoms with E-state index in [0.717, 1.165) is 6.42 Å². The fourth-order valence-corrected chi connectivity index (χ4v) is 4.18. The molecule has 24 heavy (non-hydrogen) atoms. The van der Waals surface area contributed by atoms with Gasteiger partial charge in [-0.2, -0.15) is 0 Å². The molecule has 0 bridgehead atoms. The van der Waals surface area contributed by atoms with E-state index in [2.05, 4.69) is 4.72 Å². The van der Waals surface area contributed by atoms with Gasteiger partial charge in [0.25, 0.3) is 5.91 Å². The quantitative estimate of drug-likeness (QED) is 0.772. The number of hydrogen-bond acceptors (Lipinski definition) is 4. The lowest BCUT2D eigenvalue weighted by atomic mass is 10.1. The van der Waals surface area contributed by atoms with Crippen LogP contribution in [0.4, 0.5) is 0 Å². The normalized spacial score (nSPS) is 16.1. The van der Waals surface area contributed by atoms with Crippen LogP contribution in [0.2, 0.25) is 0 Å². The van der Waals surface area contributed by atoms with Gasteiger partial charge in [-0.15, -0.1) is 0 Å². The molecular weight excluding hydrogens is 328 g/mol. The third-order valence-corrected chi connectivity index (χ3v) is 5.58. The Morgan fingerprint density at radius 3 is 2.54 bits per heavy atom. The van der Waals surface area contributed by atoms with Crippen molar-refractivity contribution in [3.05, 3.63) is 30.3 Å². The zero-order valence-corrected chi connectivity index (χ0v) is 14.9. The van der Waals surface area contributed by atoms with Crippen LogP contribution in [-0.2, 0) is 14.8 Å². The summed E-state index contributed by atoms with van der Waals surface area (Å²) in [6.45, 7) is 3.09. The van der Waals surface area contributed by atoms with Crippen LogP contribution in [-0.4, -0.2) is 50.7 Å². The number of amides is 1. The third-order valence-electron chi connectivity index (χ3n) is 4.07. The Hall–Kier alpha value is -1.60. The van der Waals surface area contributed by atoms with E-state index in [1.54, 1.807) is 4.90 Å². The number of carbonyl (C=O) groups excluding carboxylic acids is 1. The second kappa shape index (κ2) is 9.03. The number of unbranched alkanes of at least 4 members (excludes halogenated alkanes) is 1. The fraction of sp³-hybridized carbons (Fsp3) is 0.588. The number of sulfonamides is 1. The molecule has 1 amide bonds. The van der Waals surface area contributed by atoms with Crippen LogP contribution < -0.4 is 9.46 Å². The van der Waals surface area contributed by atoms with Crippen molar-refractivity contribution in [2.75, 3.05) is 25.4 Å². The maximum absolute atomic E-state index is 12.2. The lowest BCUT2D eigenvalue weighted by Crippen LogP contribution is -2.48. The number of nitrogens with zero attached hydrogens (tertiary/aromatic N) is 1. The average molecular weight is 354 g/mol. The van der Waals surface area contributed by atoms with Gasteiger partial charge in [-0.25, -0.2) is 13.1 Å². The first-order valence-electron chi connectivity index (χ1n) is 8.46. The Kier molecular flexibility index (Phi) is 7.05. The van der Waals surface area contributed by atoms with Crippen molar-refractivity contribution in [3.63, 3.8) is 0 Å². The van der Waals surface area contributed by atoms with Crippen LogP contribution in [0.1, 0.15) is 32.6 Å². The lowest BCUT2D eigenvalue weighted by molar-refractivity contribution is -0.134. The molecule has 6 nitrogen and oxygen atoms in total. The van der Waals surface area contributed by atoms with E-state index in [0.29, 0.717) is 38.1 Å². The van der Waals surface area contributed by atoms with E-state index in [9.17, 15) is 13.2 Å². The lowest BCUT2D eigenvalue weighted by Gasteiger charge is -2.32. The Bertz CT molecular complexity index is 611. The molecule has 1 N–H and O–H groups in total. The smallest absolute Gasteiger partial charge is 0.260 e. The molecule has 0 atom stereocenters. The molecule has 1 aliphatic heterocycles. The molecule has 134 valence electrons. The van der Waals surface area contributed by atoms with Gasteiger partial charge in [-0.1, -0.05) is 31.5 Å². The van der Waals surface area contributed by atoms with Crippen molar-refractivity contribution < 1.29 is 17.9 Å². The molecular formula is C17H26N2O4S. The number of piperidine rings is 1. The number of rotatable bonds is 8. The monoisotopic (exact) mass is 354 g/mol. The first kappa shape index (κ1) is 18.7. The third kappa shape index (κ3) is 6.13. The van der Waals surface area contributed by atoms with Gasteiger partial charge in [0.15, 0.2) is 6.61 Å². The molecule has 0 radical (unpaired) electrons. The van der Waals surface area contributed by atoms with Crippen LogP contribution in [0, 0.1) is 0 Å². The van der Waals surface area contributed by atoms with Gasteiger partial charge in [0.2, 0.25) is 10.0 Å². The summed E-state index contributed by atoms with van der Waals surface area (Å²) in [4.78, 5) is 13.9. The Balaban J connectivity index is 1.73. The molecule has 1 saturated heterocycles. The van der Waals surface area contributed by atoms with E-state index in [-0.39, 0.29) is 24.3 Å². The van der Waals surface area contributed by atoms with Gasteiger partial charge in [-0.3, -0.25) is 4.79 Å². The highest BCUT2D eigenvalue weighted by atomic mass is 32.2. The zero-order valence-electron chi connectivity index (χ0n) is 14.1. The molecule has 0 spiro atoms. The van der Waals surface area contributed by atoms with Crippen LogP contribution in [0.25, 0.3) is 0 Å². The average Bonchev–Trinajstić information content (AvgIpc) is 2.59. The van der Waals surface area contributed by atoms with Crippen molar-refractivity contribution >= 4 is 15.9 Å². The summed E-state index contributed by atoms with van der Waals surface area (Å²) in [5, 5.41) is 0. The number of para-hydroxylation sites is 1. The molecule has 0 aliphatic carbocycles. The van der Waals surface area contributed by atoms with Gasteiger partial charge in [0.1, 0.15) is 5.75 Å². The number of carbonyl (C=O) groups is 1. The van der Waals surface area contributed by atoms with E-state index in [1.807, 2.05) is 37.3 Å². The molecule has 1 heterocycles. The number of likely N-dealkylation sites (tertiary alicyclic amines) is 1. The number of benzene rings is 1. The van der Waals surface area contributed by atoms with Gasteiger partial charge in [0.05, 0.1) is 5.75 Å². The molecule has 1 fully saturated rings. The molecule has 0 aromatic heterocycles. The molecule has 1 aromatic carbocycles. The zero-order chi connectivity index (χ0) is 17.4. The second-order valence-electron chi connectivity index (χ2n) is 6.05. The summed E-state index contributed by atoms with van der Waals surface area (Å²) in [7, 11) is -3.21. The SMILES string of the molecule is CCCCS(=O)(=O)NC1CCN(C(=O)COc2ccccc2)CC1. The number of nitrogens with one attached hydrogen (secondary N) is 1. The van der Waals surface area contributed by atoms with Crippen molar-refractivity contribution in [2.24, 2.45) is 0 Å². The van der Waals surface area contributed by atoms with Crippen molar-refractivity contribution in [1.29, 1.82) is 0 Å². The topological polar surface area (TPSA) is 75.7 Å². The highest BCUT2D eigenvalue weighted by molar-refractivity contribution is 7.89. The van der Waals surface area contributed by atoms with Crippen LogP contribution in [0.5, 0.6) is 5.75 Å². The number of hydrogen-bond donors (Lipinski definition) is 1. The van der Waals surface area contributed by atoms with Gasteiger partial charge in [0, 0.05) is 19.1 Å². The maximum Gasteiger partial charge on any atom is 0.260 e. The summed E-state index contributed by atoms with van der Waals surface area (Å²) in [6, 6.07) is 9.15. The van der Waals surface area contributed by atoms with Crippen molar-refractivity contribution in [3.8, 4) is 5.75 Å². The van der Waals surface area contributed by atoms with E-state index < -0.39 is 10.0 Å². The van der Waals surface area contributed by atoms with Gasteiger partial charge < -0.3 is 9.64 Å². The summed E-state index contributed by atoms with van der Waals surface area (Å²) >= 11 is 0. The van der Waals surface area contributed by atoms with Crippen molar-refractivity contribution in [2.45, 2.75) is 38.6 Å². The summed E-state index contributed by atoms with van der Waals surface area (Å²) in [5.41, 5.74) is 0.